The highest BCUT2D eigenvalue weighted by molar-refractivity contribution is 7.91. The van der Waals surface area contributed by atoms with E-state index in [1.807, 2.05) is 4.90 Å². The number of hydrogen-bond donors (Lipinski definition) is 1. The molecule has 1 aliphatic heterocycles. The maximum absolute atomic E-state index is 12.6. The second-order valence-electron chi connectivity index (χ2n) is 6.69. The molecular weight excluding hydrogens is 368 g/mol. The predicted octanol–water partition coefficient (Wildman–Crippen LogP) is 2.11. The summed E-state index contributed by atoms with van der Waals surface area (Å²) in [5.74, 6) is 0.377. The van der Waals surface area contributed by atoms with Crippen LogP contribution in [0.4, 0.5) is 5.69 Å². The van der Waals surface area contributed by atoms with E-state index in [0.29, 0.717) is 30.0 Å². The molecule has 8 heteroatoms. The first-order valence-electron chi connectivity index (χ1n) is 8.71. The van der Waals surface area contributed by atoms with Crippen molar-refractivity contribution >= 4 is 27.2 Å². The number of amides is 1. The molecule has 1 aromatic carbocycles. The number of benzene rings is 1. The molecule has 1 atom stereocenters. The largest absolute Gasteiger partial charge is 0.468 e. The van der Waals surface area contributed by atoms with Gasteiger partial charge in [-0.15, -0.1) is 0 Å². The van der Waals surface area contributed by atoms with E-state index >= 15 is 0 Å². The average Bonchev–Trinajstić information content (AvgIpc) is 3.23. The summed E-state index contributed by atoms with van der Waals surface area (Å²) in [5, 5.41) is 2.76. The van der Waals surface area contributed by atoms with Crippen LogP contribution in [0, 0.1) is 0 Å². The molecule has 1 saturated heterocycles. The van der Waals surface area contributed by atoms with Crippen LogP contribution in [0.2, 0.25) is 0 Å². The highest BCUT2D eigenvalue weighted by Crippen LogP contribution is 2.21. The monoisotopic (exact) mass is 390 g/mol. The summed E-state index contributed by atoms with van der Waals surface area (Å²) in [6.07, 6.45) is 2.03. The fourth-order valence-corrected chi connectivity index (χ4v) is 5.02. The Morgan fingerprint density at radius 1 is 1.22 bits per heavy atom. The molecule has 2 aromatic rings. The zero-order valence-electron chi connectivity index (χ0n) is 15.1. The van der Waals surface area contributed by atoms with Crippen LogP contribution in [0.1, 0.15) is 29.5 Å². The molecule has 1 N–H and O–H groups in total. The Bertz CT molecular complexity index is 921. The first-order valence-corrected chi connectivity index (χ1v) is 10.5. The van der Waals surface area contributed by atoms with Gasteiger partial charge < -0.3 is 9.73 Å². The number of Topliss-reactive ketones (excluding diaryl/α,β-unsaturated/α-hetero) is 1. The van der Waals surface area contributed by atoms with Gasteiger partial charge in [0.05, 0.1) is 36.5 Å². The van der Waals surface area contributed by atoms with E-state index in [1.165, 1.54) is 6.92 Å². The number of sulfone groups is 1. The molecule has 0 saturated carbocycles. The van der Waals surface area contributed by atoms with Gasteiger partial charge in [0, 0.05) is 11.6 Å². The molecule has 7 nitrogen and oxygen atoms in total. The van der Waals surface area contributed by atoms with Crippen molar-refractivity contribution in [2.24, 2.45) is 0 Å². The summed E-state index contributed by atoms with van der Waals surface area (Å²) in [6.45, 7) is 1.79. The van der Waals surface area contributed by atoms with E-state index < -0.39 is 9.84 Å². The lowest BCUT2D eigenvalue weighted by Gasteiger charge is -2.26. The Morgan fingerprint density at radius 2 is 2.00 bits per heavy atom. The molecular formula is C19H22N2O5S. The molecule has 0 unspecified atom stereocenters. The van der Waals surface area contributed by atoms with E-state index in [1.54, 1.807) is 42.7 Å². The lowest BCUT2D eigenvalue weighted by molar-refractivity contribution is -0.118. The van der Waals surface area contributed by atoms with Gasteiger partial charge in [-0.2, -0.15) is 0 Å². The second-order valence-corrected chi connectivity index (χ2v) is 8.92. The first kappa shape index (κ1) is 19.3. The van der Waals surface area contributed by atoms with Gasteiger partial charge in [-0.1, -0.05) is 12.1 Å². The van der Waals surface area contributed by atoms with E-state index in [9.17, 15) is 18.0 Å². The molecule has 1 fully saturated rings. The number of nitrogens with zero attached hydrogens (tertiary/aromatic N) is 1. The van der Waals surface area contributed by atoms with Crippen LogP contribution in [-0.2, 0) is 21.2 Å². The Balaban J connectivity index is 1.73. The van der Waals surface area contributed by atoms with Gasteiger partial charge in [-0.05, 0) is 37.6 Å². The zero-order chi connectivity index (χ0) is 19.4. The van der Waals surface area contributed by atoms with E-state index in [-0.39, 0.29) is 35.8 Å². The number of furan rings is 1. The van der Waals surface area contributed by atoms with Crippen LogP contribution >= 0.6 is 0 Å². The molecule has 1 amide bonds. The molecule has 3 rings (SSSR count). The number of hydrogen-bond acceptors (Lipinski definition) is 6. The molecule has 0 aliphatic carbocycles. The normalized spacial score (nSPS) is 18.5. The first-order chi connectivity index (χ1) is 12.8. The Morgan fingerprint density at radius 3 is 2.63 bits per heavy atom. The van der Waals surface area contributed by atoms with Crippen LogP contribution in [0.25, 0.3) is 0 Å². The van der Waals surface area contributed by atoms with Gasteiger partial charge >= 0.3 is 0 Å². The standard InChI is InChI=1S/C19H22N2O5S/c1-14(22)17-6-2-3-7-18(17)20-19(23)12-21(11-16-5-4-9-26-16)15-8-10-27(24,25)13-15/h2-7,9,15H,8,10-13H2,1H3,(H,20,23)/t15-/m1/s1. The summed E-state index contributed by atoms with van der Waals surface area (Å²) in [6, 6.07) is 10.1. The SMILES string of the molecule is CC(=O)c1ccccc1NC(=O)CN(Cc1ccco1)[C@@H]1CCS(=O)(=O)C1. The third kappa shape index (κ3) is 5.05. The molecule has 144 valence electrons. The lowest BCUT2D eigenvalue weighted by Crippen LogP contribution is -2.41. The number of carbonyl (C=O) groups excluding carboxylic acids is 2. The minimum Gasteiger partial charge on any atom is -0.468 e. The van der Waals surface area contributed by atoms with Crippen LogP contribution in [0.3, 0.4) is 0 Å². The summed E-state index contributed by atoms with van der Waals surface area (Å²) in [5.41, 5.74) is 0.888. The maximum atomic E-state index is 12.6. The number of rotatable bonds is 7. The van der Waals surface area contributed by atoms with Gasteiger partial charge in [-0.25, -0.2) is 8.42 Å². The van der Waals surface area contributed by atoms with Crippen LogP contribution in [0.5, 0.6) is 0 Å². The van der Waals surface area contributed by atoms with Crippen molar-refractivity contribution < 1.29 is 22.4 Å². The summed E-state index contributed by atoms with van der Waals surface area (Å²) >= 11 is 0. The van der Waals surface area contributed by atoms with Gasteiger partial charge in [-0.3, -0.25) is 14.5 Å². The Labute approximate surface area is 158 Å². The van der Waals surface area contributed by atoms with Gasteiger partial charge in [0.2, 0.25) is 5.91 Å². The van der Waals surface area contributed by atoms with Crippen molar-refractivity contribution in [2.45, 2.75) is 25.9 Å². The third-order valence-electron chi connectivity index (χ3n) is 4.59. The molecule has 1 aliphatic rings. The Kier molecular flexibility index (Phi) is 5.76. The predicted molar refractivity (Wildman–Crippen MR) is 101 cm³/mol. The van der Waals surface area contributed by atoms with Gasteiger partial charge in [0.25, 0.3) is 0 Å². The number of nitrogens with one attached hydrogen (secondary N) is 1. The van der Waals surface area contributed by atoms with Crippen LogP contribution in [-0.4, -0.2) is 49.1 Å². The summed E-state index contributed by atoms with van der Waals surface area (Å²) in [4.78, 5) is 26.1. The smallest absolute Gasteiger partial charge is 0.238 e. The topological polar surface area (TPSA) is 96.7 Å². The third-order valence-corrected chi connectivity index (χ3v) is 6.34. The second kappa shape index (κ2) is 8.06. The zero-order valence-corrected chi connectivity index (χ0v) is 15.9. The molecule has 0 radical (unpaired) electrons. The van der Waals surface area contributed by atoms with Gasteiger partial charge in [0.1, 0.15) is 5.76 Å². The minimum absolute atomic E-state index is 0.00707. The molecule has 27 heavy (non-hydrogen) atoms. The lowest BCUT2D eigenvalue weighted by atomic mass is 10.1. The summed E-state index contributed by atoms with van der Waals surface area (Å²) < 4.78 is 29.1. The highest BCUT2D eigenvalue weighted by Gasteiger charge is 2.33. The number of para-hydroxylation sites is 1. The van der Waals surface area contributed by atoms with Crippen molar-refractivity contribution in [1.82, 2.24) is 4.90 Å². The number of carbonyl (C=O) groups is 2. The molecule has 0 spiro atoms. The van der Waals surface area contributed by atoms with Crippen molar-refractivity contribution in [1.29, 1.82) is 0 Å². The van der Waals surface area contributed by atoms with Crippen LogP contribution < -0.4 is 5.32 Å². The van der Waals surface area contributed by atoms with Crippen LogP contribution in [0.15, 0.2) is 47.1 Å². The van der Waals surface area contributed by atoms with E-state index in [0.717, 1.165) is 0 Å². The maximum Gasteiger partial charge on any atom is 0.238 e. The highest BCUT2D eigenvalue weighted by atomic mass is 32.2. The minimum atomic E-state index is -3.08. The van der Waals surface area contributed by atoms with E-state index in [2.05, 4.69) is 5.32 Å². The molecule has 0 bridgehead atoms. The fraction of sp³-hybridized carbons (Fsp3) is 0.368. The number of ketones is 1. The molecule has 1 aromatic heterocycles. The summed E-state index contributed by atoms with van der Waals surface area (Å²) in [7, 11) is -3.08. The average molecular weight is 390 g/mol. The van der Waals surface area contributed by atoms with Crippen molar-refractivity contribution in [2.75, 3.05) is 23.4 Å². The fourth-order valence-electron chi connectivity index (χ4n) is 3.25. The van der Waals surface area contributed by atoms with E-state index in [4.69, 9.17) is 4.42 Å². The van der Waals surface area contributed by atoms with Gasteiger partial charge in [0.15, 0.2) is 15.6 Å². The quantitative estimate of drug-likeness (QED) is 0.728. The van der Waals surface area contributed by atoms with Crippen molar-refractivity contribution in [3.05, 3.63) is 54.0 Å². The Hall–Kier alpha value is -2.45. The number of anilines is 1. The molecule has 2 heterocycles. The van der Waals surface area contributed by atoms with Crippen molar-refractivity contribution in [3.8, 4) is 0 Å². The van der Waals surface area contributed by atoms with Crippen molar-refractivity contribution in [3.63, 3.8) is 0 Å².